The largest absolute Gasteiger partial charge is 0.449 e. The van der Waals surface area contributed by atoms with Gasteiger partial charge in [0.05, 0.1) is 6.61 Å². The second-order valence-corrected chi connectivity index (χ2v) is 3.55. The van der Waals surface area contributed by atoms with Crippen LogP contribution in [0.15, 0.2) is 12.2 Å². The Hall–Kier alpha value is -0.990. The molecule has 0 unspecified atom stereocenters. The zero-order valence-electron chi connectivity index (χ0n) is 8.87. The maximum absolute atomic E-state index is 11.3. The topological polar surface area (TPSA) is 29.5 Å². The van der Waals surface area contributed by atoms with E-state index in [9.17, 15) is 4.79 Å². The van der Waals surface area contributed by atoms with Crippen molar-refractivity contribution in [2.24, 2.45) is 0 Å². The molecule has 3 heteroatoms. The van der Waals surface area contributed by atoms with Gasteiger partial charge in [-0.2, -0.15) is 0 Å². The van der Waals surface area contributed by atoms with E-state index in [4.69, 9.17) is 4.74 Å². The van der Waals surface area contributed by atoms with E-state index in [1.165, 1.54) is 12.8 Å². The fourth-order valence-corrected chi connectivity index (χ4v) is 1.41. The molecule has 0 N–H and O–H groups in total. The average Bonchev–Trinajstić information content (AvgIpc) is 2.70. The molecule has 1 aliphatic rings. The smallest absolute Gasteiger partial charge is 0.410 e. The maximum Gasteiger partial charge on any atom is 0.410 e. The second kappa shape index (κ2) is 6.46. The lowest BCUT2D eigenvalue weighted by atomic mass is 10.2. The summed E-state index contributed by atoms with van der Waals surface area (Å²) < 4.78 is 5.12. The van der Waals surface area contributed by atoms with Gasteiger partial charge >= 0.3 is 6.09 Å². The summed E-state index contributed by atoms with van der Waals surface area (Å²) >= 11 is 0. The first-order valence-corrected chi connectivity index (χ1v) is 5.41. The van der Waals surface area contributed by atoms with Gasteiger partial charge in [-0.25, -0.2) is 4.79 Å². The summed E-state index contributed by atoms with van der Waals surface area (Å²) in [5, 5.41) is 0. The van der Waals surface area contributed by atoms with Crippen LogP contribution in [0.25, 0.3) is 0 Å². The van der Waals surface area contributed by atoms with E-state index in [-0.39, 0.29) is 6.09 Å². The molecule has 0 saturated heterocycles. The quantitative estimate of drug-likeness (QED) is 0.501. The lowest BCUT2D eigenvalue weighted by molar-refractivity contribution is 0.110. The molecule has 0 bridgehead atoms. The normalized spacial score (nSPS) is 14.8. The van der Waals surface area contributed by atoms with Crippen LogP contribution in [0, 0.1) is 0 Å². The van der Waals surface area contributed by atoms with Gasteiger partial charge in [-0.15, -0.1) is 0 Å². The van der Waals surface area contributed by atoms with E-state index in [0.717, 1.165) is 12.8 Å². The molecule has 0 radical (unpaired) electrons. The SMILES string of the molecule is CCCCCCOC(=O)N1CC=CC1. The molecule has 0 aromatic rings. The fraction of sp³-hybridized carbons (Fsp3) is 0.727. The first-order chi connectivity index (χ1) is 6.84. The van der Waals surface area contributed by atoms with Crippen LogP contribution in [-0.2, 0) is 4.74 Å². The van der Waals surface area contributed by atoms with Crippen molar-refractivity contribution < 1.29 is 9.53 Å². The Bertz CT molecular complexity index is 193. The van der Waals surface area contributed by atoms with Crippen molar-refractivity contribution in [3.8, 4) is 0 Å². The van der Waals surface area contributed by atoms with Crippen molar-refractivity contribution in [2.45, 2.75) is 32.6 Å². The molecule has 1 amide bonds. The lowest BCUT2D eigenvalue weighted by Gasteiger charge is -2.14. The summed E-state index contributed by atoms with van der Waals surface area (Å²) in [4.78, 5) is 13.0. The average molecular weight is 197 g/mol. The van der Waals surface area contributed by atoms with Gasteiger partial charge in [0.2, 0.25) is 0 Å². The Morgan fingerprint density at radius 1 is 1.29 bits per heavy atom. The summed E-state index contributed by atoms with van der Waals surface area (Å²) in [6.45, 7) is 4.14. The molecule has 3 nitrogen and oxygen atoms in total. The Kier molecular flexibility index (Phi) is 5.12. The van der Waals surface area contributed by atoms with Crippen LogP contribution >= 0.6 is 0 Å². The van der Waals surface area contributed by atoms with E-state index >= 15 is 0 Å². The predicted octanol–water partition coefficient (Wildman–Crippen LogP) is 2.58. The van der Waals surface area contributed by atoms with Crippen LogP contribution in [0.5, 0.6) is 0 Å². The number of hydrogen-bond acceptors (Lipinski definition) is 2. The van der Waals surface area contributed by atoms with Crippen molar-refractivity contribution in [1.82, 2.24) is 4.90 Å². The number of amides is 1. The number of unbranched alkanes of at least 4 members (excludes halogenated alkanes) is 3. The Morgan fingerprint density at radius 2 is 2.00 bits per heavy atom. The molecule has 1 heterocycles. The van der Waals surface area contributed by atoms with Gasteiger partial charge in [0.25, 0.3) is 0 Å². The predicted molar refractivity (Wildman–Crippen MR) is 56.2 cm³/mol. The molecule has 14 heavy (non-hydrogen) atoms. The maximum atomic E-state index is 11.3. The molecule has 1 rings (SSSR count). The Morgan fingerprint density at radius 3 is 2.64 bits per heavy atom. The monoisotopic (exact) mass is 197 g/mol. The van der Waals surface area contributed by atoms with E-state index in [1.54, 1.807) is 4.90 Å². The standard InChI is InChI=1S/C11H19NO2/c1-2-3-4-7-10-14-11(13)12-8-5-6-9-12/h5-6H,2-4,7-10H2,1H3. The van der Waals surface area contributed by atoms with Gasteiger partial charge in [-0.1, -0.05) is 38.3 Å². The highest BCUT2D eigenvalue weighted by atomic mass is 16.6. The van der Waals surface area contributed by atoms with E-state index in [0.29, 0.717) is 19.7 Å². The van der Waals surface area contributed by atoms with Crippen molar-refractivity contribution in [2.75, 3.05) is 19.7 Å². The van der Waals surface area contributed by atoms with Crippen LogP contribution < -0.4 is 0 Å². The zero-order chi connectivity index (χ0) is 10.2. The third-order valence-corrected chi connectivity index (χ3v) is 2.30. The number of rotatable bonds is 5. The van der Waals surface area contributed by atoms with Gasteiger partial charge in [0.15, 0.2) is 0 Å². The third kappa shape index (κ3) is 3.81. The number of hydrogen-bond donors (Lipinski definition) is 0. The van der Waals surface area contributed by atoms with Crippen LogP contribution in [0.3, 0.4) is 0 Å². The van der Waals surface area contributed by atoms with Crippen molar-refractivity contribution in [1.29, 1.82) is 0 Å². The molecule has 1 aliphatic heterocycles. The van der Waals surface area contributed by atoms with Crippen LogP contribution in [0.1, 0.15) is 32.6 Å². The number of carbonyl (C=O) groups is 1. The zero-order valence-corrected chi connectivity index (χ0v) is 8.87. The van der Waals surface area contributed by atoms with E-state index < -0.39 is 0 Å². The summed E-state index contributed by atoms with van der Waals surface area (Å²) in [5.74, 6) is 0. The summed E-state index contributed by atoms with van der Waals surface area (Å²) in [6, 6.07) is 0. The molecule has 0 aromatic carbocycles. The van der Waals surface area contributed by atoms with Gasteiger partial charge in [0, 0.05) is 13.1 Å². The number of carbonyl (C=O) groups excluding carboxylic acids is 1. The van der Waals surface area contributed by atoms with Gasteiger partial charge in [-0.3, -0.25) is 0 Å². The van der Waals surface area contributed by atoms with Gasteiger partial charge in [0.1, 0.15) is 0 Å². The molecule has 0 fully saturated rings. The molecule has 0 aliphatic carbocycles. The fourth-order valence-electron chi connectivity index (χ4n) is 1.41. The minimum atomic E-state index is -0.175. The summed E-state index contributed by atoms with van der Waals surface area (Å²) in [7, 11) is 0. The van der Waals surface area contributed by atoms with Crippen molar-refractivity contribution >= 4 is 6.09 Å². The molecular weight excluding hydrogens is 178 g/mol. The van der Waals surface area contributed by atoms with Crippen LogP contribution in [-0.4, -0.2) is 30.7 Å². The highest BCUT2D eigenvalue weighted by Gasteiger charge is 2.14. The van der Waals surface area contributed by atoms with E-state index in [2.05, 4.69) is 6.92 Å². The summed E-state index contributed by atoms with van der Waals surface area (Å²) in [6.07, 6.45) is 8.37. The van der Waals surface area contributed by atoms with Crippen molar-refractivity contribution in [3.63, 3.8) is 0 Å². The first-order valence-electron chi connectivity index (χ1n) is 5.41. The van der Waals surface area contributed by atoms with E-state index in [1.807, 2.05) is 12.2 Å². The van der Waals surface area contributed by atoms with Crippen LogP contribution in [0.4, 0.5) is 4.79 Å². The van der Waals surface area contributed by atoms with Gasteiger partial charge in [-0.05, 0) is 6.42 Å². The Labute approximate surface area is 85.7 Å². The number of ether oxygens (including phenoxy) is 1. The molecule has 0 spiro atoms. The minimum absolute atomic E-state index is 0.175. The Balaban J connectivity index is 1.98. The second-order valence-electron chi connectivity index (χ2n) is 3.55. The molecule has 0 atom stereocenters. The highest BCUT2D eigenvalue weighted by Crippen LogP contribution is 2.03. The molecule has 0 aromatic heterocycles. The number of nitrogens with zero attached hydrogens (tertiary/aromatic N) is 1. The first kappa shape index (κ1) is 11.1. The minimum Gasteiger partial charge on any atom is -0.449 e. The highest BCUT2D eigenvalue weighted by molar-refractivity contribution is 5.68. The molecule has 0 saturated carbocycles. The van der Waals surface area contributed by atoms with Crippen molar-refractivity contribution in [3.05, 3.63) is 12.2 Å². The lowest BCUT2D eigenvalue weighted by Crippen LogP contribution is -2.29. The molecular formula is C11H19NO2. The summed E-state index contributed by atoms with van der Waals surface area (Å²) in [5.41, 5.74) is 0. The third-order valence-electron chi connectivity index (χ3n) is 2.30. The van der Waals surface area contributed by atoms with Gasteiger partial charge < -0.3 is 9.64 Å². The van der Waals surface area contributed by atoms with Crippen LogP contribution in [0.2, 0.25) is 0 Å². The molecule has 80 valence electrons.